The Labute approximate surface area is 188 Å². The van der Waals surface area contributed by atoms with E-state index in [4.69, 9.17) is 9.57 Å². The average molecular weight is 436 g/mol. The number of oxime groups is 1. The molecule has 0 radical (unpaired) electrons. The second-order valence-electron chi connectivity index (χ2n) is 8.15. The molecule has 0 spiro atoms. The summed E-state index contributed by atoms with van der Waals surface area (Å²) in [5.41, 5.74) is 1.97. The number of carbonyl (C=O) groups excluding carboxylic acids is 2. The first-order chi connectivity index (χ1) is 15.7. The SMILES string of the molecule is O=C([C@@H]1CCCN1C(=O)OCc1ccccc1)N1CCC[C@H]1/C=N/OCc1ccccc1. The van der Waals surface area contributed by atoms with Crippen LogP contribution in [0.2, 0.25) is 0 Å². The fraction of sp³-hybridized carbons (Fsp3) is 0.400. The van der Waals surface area contributed by atoms with E-state index in [1.807, 2.05) is 65.6 Å². The first kappa shape index (κ1) is 21.9. The lowest BCUT2D eigenvalue weighted by Crippen LogP contribution is -2.49. The van der Waals surface area contributed by atoms with Gasteiger partial charge in [-0.2, -0.15) is 0 Å². The summed E-state index contributed by atoms with van der Waals surface area (Å²) in [7, 11) is 0. The standard InChI is InChI=1S/C25H29N3O4/c29-24(23-14-8-16-28(23)25(30)31-18-20-9-3-1-4-10-20)27-15-7-13-22(27)17-26-32-19-21-11-5-2-6-12-21/h1-6,9-12,17,22-23H,7-8,13-16,18-19H2/b26-17+/t22-,23-/m0/s1. The highest BCUT2D eigenvalue weighted by atomic mass is 16.6. The molecule has 0 unspecified atom stereocenters. The monoisotopic (exact) mass is 435 g/mol. The topological polar surface area (TPSA) is 71.4 Å². The van der Waals surface area contributed by atoms with Gasteiger partial charge in [0.2, 0.25) is 5.91 Å². The van der Waals surface area contributed by atoms with Crippen LogP contribution in [-0.2, 0) is 27.6 Å². The Morgan fingerprint density at radius 2 is 1.50 bits per heavy atom. The van der Waals surface area contributed by atoms with Crippen LogP contribution in [0.1, 0.15) is 36.8 Å². The van der Waals surface area contributed by atoms with Gasteiger partial charge in [0.1, 0.15) is 19.3 Å². The van der Waals surface area contributed by atoms with Gasteiger partial charge in [0.25, 0.3) is 0 Å². The van der Waals surface area contributed by atoms with E-state index >= 15 is 0 Å². The molecule has 2 aromatic rings. The van der Waals surface area contributed by atoms with E-state index in [9.17, 15) is 9.59 Å². The van der Waals surface area contributed by atoms with Gasteiger partial charge >= 0.3 is 6.09 Å². The maximum absolute atomic E-state index is 13.3. The molecule has 2 fully saturated rings. The van der Waals surface area contributed by atoms with Gasteiger partial charge in [-0.3, -0.25) is 9.69 Å². The lowest BCUT2D eigenvalue weighted by atomic mass is 10.1. The van der Waals surface area contributed by atoms with Gasteiger partial charge in [-0.05, 0) is 36.8 Å². The zero-order valence-corrected chi connectivity index (χ0v) is 18.1. The third-order valence-electron chi connectivity index (χ3n) is 5.94. The summed E-state index contributed by atoms with van der Waals surface area (Å²) in [6.07, 6.45) is 4.48. The molecule has 2 aliphatic rings. The van der Waals surface area contributed by atoms with Crippen molar-refractivity contribution >= 4 is 18.2 Å². The predicted octanol–water partition coefficient (Wildman–Crippen LogP) is 3.98. The summed E-state index contributed by atoms with van der Waals surface area (Å²) in [5.74, 6) is -0.0313. The molecule has 0 N–H and O–H groups in total. The smallest absolute Gasteiger partial charge is 0.410 e. The van der Waals surface area contributed by atoms with E-state index in [0.717, 1.165) is 30.4 Å². The van der Waals surface area contributed by atoms with Crippen LogP contribution in [-0.4, -0.2) is 53.2 Å². The molecule has 4 rings (SSSR count). The number of hydrogen-bond acceptors (Lipinski definition) is 5. The van der Waals surface area contributed by atoms with Gasteiger partial charge in [0.15, 0.2) is 0 Å². The van der Waals surface area contributed by atoms with Crippen molar-refractivity contribution in [3.63, 3.8) is 0 Å². The molecule has 2 atom stereocenters. The highest BCUT2D eigenvalue weighted by Gasteiger charge is 2.40. The van der Waals surface area contributed by atoms with Crippen LogP contribution in [0, 0.1) is 0 Å². The molecule has 2 amide bonds. The Morgan fingerprint density at radius 1 is 0.875 bits per heavy atom. The normalized spacial score (nSPS) is 20.6. The van der Waals surface area contributed by atoms with E-state index in [1.54, 1.807) is 11.1 Å². The van der Waals surface area contributed by atoms with E-state index < -0.39 is 12.1 Å². The van der Waals surface area contributed by atoms with Crippen molar-refractivity contribution in [2.24, 2.45) is 5.16 Å². The van der Waals surface area contributed by atoms with Gasteiger partial charge in [-0.1, -0.05) is 65.8 Å². The molecule has 32 heavy (non-hydrogen) atoms. The highest BCUT2D eigenvalue weighted by Crippen LogP contribution is 2.25. The average Bonchev–Trinajstić information content (AvgIpc) is 3.51. The highest BCUT2D eigenvalue weighted by molar-refractivity contribution is 5.88. The van der Waals surface area contributed by atoms with Gasteiger partial charge in [-0.15, -0.1) is 0 Å². The molecule has 2 aliphatic heterocycles. The van der Waals surface area contributed by atoms with Crippen molar-refractivity contribution < 1.29 is 19.2 Å². The fourth-order valence-electron chi connectivity index (χ4n) is 4.26. The lowest BCUT2D eigenvalue weighted by Gasteiger charge is -2.29. The van der Waals surface area contributed by atoms with E-state index in [0.29, 0.717) is 26.1 Å². The zero-order valence-electron chi connectivity index (χ0n) is 18.1. The molecular formula is C25H29N3O4. The van der Waals surface area contributed by atoms with Gasteiger partial charge in [0, 0.05) is 13.1 Å². The van der Waals surface area contributed by atoms with Gasteiger partial charge in [-0.25, -0.2) is 4.79 Å². The summed E-state index contributed by atoms with van der Waals surface area (Å²) < 4.78 is 5.47. The van der Waals surface area contributed by atoms with Crippen LogP contribution >= 0.6 is 0 Å². The Bertz CT molecular complexity index is 919. The third-order valence-corrected chi connectivity index (χ3v) is 5.94. The number of hydrogen-bond donors (Lipinski definition) is 0. The second-order valence-corrected chi connectivity index (χ2v) is 8.15. The summed E-state index contributed by atoms with van der Waals surface area (Å²) in [4.78, 5) is 34.7. The van der Waals surface area contributed by atoms with Crippen LogP contribution in [0.15, 0.2) is 65.8 Å². The van der Waals surface area contributed by atoms with Crippen molar-refractivity contribution in [2.75, 3.05) is 13.1 Å². The minimum Gasteiger partial charge on any atom is -0.445 e. The molecule has 0 aromatic heterocycles. The second kappa shape index (κ2) is 10.8. The molecule has 0 bridgehead atoms. The lowest BCUT2D eigenvalue weighted by molar-refractivity contribution is -0.135. The minimum atomic E-state index is -0.475. The van der Waals surface area contributed by atoms with Gasteiger partial charge in [0.05, 0.1) is 12.3 Å². The summed E-state index contributed by atoms with van der Waals surface area (Å²) in [6, 6.07) is 18.8. The van der Waals surface area contributed by atoms with Crippen LogP contribution in [0.5, 0.6) is 0 Å². The quantitative estimate of drug-likeness (QED) is 0.487. The molecule has 7 heteroatoms. The number of ether oxygens (including phenoxy) is 1. The Balaban J connectivity index is 1.31. The maximum atomic E-state index is 13.3. The van der Waals surface area contributed by atoms with Crippen molar-refractivity contribution in [3.8, 4) is 0 Å². The number of likely N-dealkylation sites (tertiary alicyclic amines) is 2. The largest absolute Gasteiger partial charge is 0.445 e. The Kier molecular flexibility index (Phi) is 7.38. The van der Waals surface area contributed by atoms with Crippen LogP contribution in [0.25, 0.3) is 0 Å². The van der Waals surface area contributed by atoms with E-state index in [1.165, 1.54) is 0 Å². The molecule has 168 valence electrons. The van der Waals surface area contributed by atoms with E-state index in [-0.39, 0.29) is 18.6 Å². The summed E-state index contributed by atoms with van der Waals surface area (Å²) in [5, 5.41) is 4.10. The summed E-state index contributed by atoms with van der Waals surface area (Å²) >= 11 is 0. The number of nitrogens with zero attached hydrogens (tertiary/aromatic N) is 3. The maximum Gasteiger partial charge on any atom is 0.410 e. The van der Waals surface area contributed by atoms with Crippen molar-refractivity contribution in [3.05, 3.63) is 71.8 Å². The first-order valence-electron chi connectivity index (χ1n) is 11.2. The number of benzene rings is 2. The molecule has 2 saturated heterocycles. The van der Waals surface area contributed by atoms with Crippen molar-refractivity contribution in [1.29, 1.82) is 0 Å². The molecule has 0 saturated carbocycles. The zero-order chi connectivity index (χ0) is 22.2. The predicted molar refractivity (Wildman–Crippen MR) is 121 cm³/mol. The number of amides is 2. The molecule has 2 aromatic carbocycles. The van der Waals surface area contributed by atoms with Gasteiger partial charge < -0.3 is 14.5 Å². The molecule has 0 aliphatic carbocycles. The van der Waals surface area contributed by atoms with Crippen LogP contribution < -0.4 is 0 Å². The minimum absolute atomic E-state index is 0.0313. The van der Waals surface area contributed by atoms with Crippen LogP contribution in [0.4, 0.5) is 4.79 Å². The third kappa shape index (κ3) is 5.46. The molecule has 7 nitrogen and oxygen atoms in total. The summed E-state index contributed by atoms with van der Waals surface area (Å²) in [6.45, 7) is 1.80. The number of carbonyl (C=O) groups is 2. The molecule has 2 heterocycles. The number of rotatable bonds is 7. The Morgan fingerprint density at radius 3 is 2.22 bits per heavy atom. The van der Waals surface area contributed by atoms with Crippen LogP contribution in [0.3, 0.4) is 0 Å². The van der Waals surface area contributed by atoms with Crippen molar-refractivity contribution in [1.82, 2.24) is 9.80 Å². The van der Waals surface area contributed by atoms with Crippen molar-refractivity contribution in [2.45, 2.75) is 51.0 Å². The Hall–Kier alpha value is -3.35. The van der Waals surface area contributed by atoms with E-state index in [2.05, 4.69) is 5.16 Å². The first-order valence-corrected chi connectivity index (χ1v) is 11.2. The molecular weight excluding hydrogens is 406 g/mol. The fourth-order valence-corrected chi connectivity index (χ4v) is 4.26.